The highest BCUT2D eigenvalue weighted by Gasteiger charge is 2.58. The van der Waals surface area contributed by atoms with Gasteiger partial charge in [-0.2, -0.15) is 0 Å². The zero-order valence-corrected chi connectivity index (χ0v) is 7.92. The van der Waals surface area contributed by atoms with Crippen molar-refractivity contribution in [2.75, 3.05) is 6.61 Å². The Morgan fingerprint density at radius 3 is 3.00 bits per heavy atom. The summed E-state index contributed by atoms with van der Waals surface area (Å²) in [6.07, 6.45) is 7.17. The molecule has 0 aromatic carbocycles. The van der Waals surface area contributed by atoms with Crippen LogP contribution in [-0.4, -0.2) is 20.4 Å². The average molecular weight is 178 g/mol. The van der Waals surface area contributed by atoms with E-state index in [4.69, 9.17) is 17.4 Å². The Labute approximate surface area is 80.7 Å². The first-order chi connectivity index (χ1) is 6.29. The van der Waals surface area contributed by atoms with Crippen molar-refractivity contribution in [3.05, 3.63) is 12.7 Å². The van der Waals surface area contributed by atoms with Crippen LogP contribution in [0.4, 0.5) is 0 Å². The van der Waals surface area contributed by atoms with Crippen molar-refractivity contribution in [1.29, 1.82) is 0 Å². The topological polar surface area (TPSA) is 18.5 Å². The van der Waals surface area contributed by atoms with Gasteiger partial charge < -0.3 is 9.39 Å². The fourth-order valence-corrected chi connectivity index (χ4v) is 2.92. The normalized spacial score (nSPS) is 43.4. The molecule has 2 rings (SSSR count). The molecule has 0 bridgehead atoms. The minimum Gasteiger partial charge on any atom is -0.422 e. The molecule has 2 nitrogen and oxygen atoms in total. The van der Waals surface area contributed by atoms with E-state index in [1.807, 2.05) is 6.08 Å². The second-order valence-electron chi connectivity index (χ2n) is 4.10. The third kappa shape index (κ3) is 1.10. The van der Waals surface area contributed by atoms with Crippen molar-refractivity contribution >= 4 is 8.05 Å². The van der Waals surface area contributed by atoms with Gasteiger partial charge in [-0.3, -0.25) is 0 Å². The summed E-state index contributed by atoms with van der Waals surface area (Å²) in [4.78, 5) is 0. The van der Waals surface area contributed by atoms with Gasteiger partial charge in [-0.15, -0.1) is 6.58 Å². The first kappa shape index (κ1) is 9.29. The monoisotopic (exact) mass is 178 g/mol. The summed E-state index contributed by atoms with van der Waals surface area (Å²) >= 11 is 0. The Balaban J connectivity index is 2.27. The van der Waals surface area contributed by atoms with Crippen molar-refractivity contribution in [3.63, 3.8) is 0 Å². The molecule has 3 heteroatoms. The van der Waals surface area contributed by atoms with Gasteiger partial charge in [-0.25, -0.2) is 0 Å². The van der Waals surface area contributed by atoms with E-state index >= 15 is 0 Å². The molecule has 2 atom stereocenters. The third-order valence-electron chi connectivity index (χ3n) is 3.61. The molecule has 1 aliphatic carbocycles. The number of hydrogen-bond donors (Lipinski definition) is 0. The summed E-state index contributed by atoms with van der Waals surface area (Å²) in [5.41, 5.74) is 0.115. The summed E-state index contributed by atoms with van der Waals surface area (Å²) in [5, 5.41) is 0. The molecule has 0 N–H and O–H groups in total. The van der Waals surface area contributed by atoms with E-state index in [1.165, 1.54) is 0 Å². The van der Waals surface area contributed by atoms with E-state index in [0.29, 0.717) is 0 Å². The summed E-state index contributed by atoms with van der Waals surface area (Å²) < 4.78 is 10.8. The summed E-state index contributed by atoms with van der Waals surface area (Å²) in [5.74, 6) is -0.499. The molecule has 1 aliphatic heterocycles. The molecule has 0 aromatic heterocycles. The lowest BCUT2D eigenvalue weighted by molar-refractivity contribution is -0.188. The first-order valence-corrected chi connectivity index (χ1v) is 4.91. The van der Waals surface area contributed by atoms with E-state index in [0.717, 1.165) is 38.7 Å². The number of ether oxygens (including phenoxy) is 1. The molecule has 0 aromatic rings. The summed E-state index contributed by atoms with van der Waals surface area (Å²) in [6.45, 7) is 4.56. The maximum Gasteiger partial charge on any atom is 0.286 e. The fourth-order valence-electron chi connectivity index (χ4n) is 2.92. The highest BCUT2D eigenvalue weighted by Crippen LogP contribution is 2.57. The SMILES string of the molecule is [B]OC12CCCC1(CC=C)CCO2. The van der Waals surface area contributed by atoms with Crippen LogP contribution in [0, 0.1) is 5.41 Å². The van der Waals surface area contributed by atoms with Crippen molar-refractivity contribution < 1.29 is 9.39 Å². The third-order valence-corrected chi connectivity index (χ3v) is 3.61. The Bertz CT molecular complexity index is 205. The fraction of sp³-hybridized carbons (Fsp3) is 0.800. The number of hydrogen-bond acceptors (Lipinski definition) is 2. The smallest absolute Gasteiger partial charge is 0.286 e. The lowest BCUT2D eigenvalue weighted by Gasteiger charge is -2.37. The van der Waals surface area contributed by atoms with E-state index in [-0.39, 0.29) is 5.41 Å². The van der Waals surface area contributed by atoms with Crippen LogP contribution in [0.3, 0.4) is 0 Å². The zero-order valence-electron chi connectivity index (χ0n) is 7.92. The Morgan fingerprint density at radius 2 is 2.31 bits per heavy atom. The minimum absolute atomic E-state index is 0.115. The van der Waals surface area contributed by atoms with Crippen molar-refractivity contribution in [2.45, 2.75) is 37.9 Å². The molecular weight excluding hydrogens is 163 g/mol. The highest BCUT2D eigenvalue weighted by molar-refractivity contribution is 5.98. The van der Waals surface area contributed by atoms with Crippen LogP contribution in [0.15, 0.2) is 12.7 Å². The van der Waals surface area contributed by atoms with Crippen molar-refractivity contribution in [1.82, 2.24) is 0 Å². The van der Waals surface area contributed by atoms with Gasteiger partial charge in [-0.05, 0) is 25.7 Å². The van der Waals surface area contributed by atoms with Gasteiger partial charge in [-0.1, -0.05) is 6.08 Å². The van der Waals surface area contributed by atoms with Crippen LogP contribution in [0.25, 0.3) is 0 Å². The molecule has 2 radical (unpaired) electrons. The van der Waals surface area contributed by atoms with Crippen LogP contribution in [0.1, 0.15) is 32.1 Å². The van der Waals surface area contributed by atoms with Gasteiger partial charge in [0.2, 0.25) is 0 Å². The van der Waals surface area contributed by atoms with Gasteiger partial charge in [0.05, 0.1) is 6.61 Å². The van der Waals surface area contributed by atoms with Crippen LogP contribution in [0.5, 0.6) is 0 Å². The number of rotatable bonds is 3. The van der Waals surface area contributed by atoms with Gasteiger partial charge in [0.25, 0.3) is 8.05 Å². The molecule has 1 saturated heterocycles. The first-order valence-electron chi connectivity index (χ1n) is 4.91. The van der Waals surface area contributed by atoms with Crippen molar-refractivity contribution in [3.8, 4) is 0 Å². The molecule has 1 saturated carbocycles. The Kier molecular flexibility index (Phi) is 2.24. The molecule has 70 valence electrons. The highest BCUT2D eigenvalue weighted by atomic mass is 16.7. The lowest BCUT2D eigenvalue weighted by atomic mass is 9.77. The van der Waals surface area contributed by atoms with E-state index in [9.17, 15) is 0 Å². The average Bonchev–Trinajstić information content (AvgIpc) is 2.59. The van der Waals surface area contributed by atoms with E-state index < -0.39 is 5.79 Å². The standard InChI is InChI=1S/C10H15BO2/c1-2-4-9-5-3-6-10(9,13-11)12-8-7-9/h2H,1,3-8H2. The second kappa shape index (κ2) is 3.14. The quantitative estimate of drug-likeness (QED) is 0.485. The van der Waals surface area contributed by atoms with Gasteiger partial charge >= 0.3 is 0 Å². The molecule has 2 unspecified atom stereocenters. The molecule has 13 heavy (non-hydrogen) atoms. The zero-order chi connectivity index (χ0) is 9.36. The second-order valence-corrected chi connectivity index (χ2v) is 4.10. The molecule has 2 fully saturated rings. The van der Waals surface area contributed by atoms with Crippen molar-refractivity contribution in [2.24, 2.45) is 5.41 Å². The predicted molar refractivity (Wildman–Crippen MR) is 51.2 cm³/mol. The van der Waals surface area contributed by atoms with Gasteiger partial charge in [0, 0.05) is 11.8 Å². The van der Waals surface area contributed by atoms with Crippen LogP contribution < -0.4 is 0 Å². The van der Waals surface area contributed by atoms with Crippen LogP contribution in [-0.2, 0) is 9.39 Å². The molecule has 1 heterocycles. The summed E-state index contributed by atoms with van der Waals surface area (Å²) in [6, 6.07) is 0. The Hall–Kier alpha value is -0.275. The molecule has 0 spiro atoms. The summed E-state index contributed by atoms with van der Waals surface area (Å²) in [7, 11) is 5.37. The number of allylic oxidation sites excluding steroid dienone is 1. The maximum atomic E-state index is 5.67. The minimum atomic E-state index is -0.499. The van der Waals surface area contributed by atoms with Gasteiger partial charge in [0.1, 0.15) is 0 Å². The lowest BCUT2D eigenvalue weighted by Crippen LogP contribution is -2.42. The van der Waals surface area contributed by atoms with Crippen LogP contribution in [0.2, 0.25) is 0 Å². The van der Waals surface area contributed by atoms with Crippen LogP contribution >= 0.6 is 0 Å². The molecule has 0 amide bonds. The van der Waals surface area contributed by atoms with E-state index in [1.54, 1.807) is 0 Å². The largest absolute Gasteiger partial charge is 0.422 e. The van der Waals surface area contributed by atoms with Gasteiger partial charge in [0.15, 0.2) is 5.79 Å². The molecule has 2 aliphatic rings. The predicted octanol–water partition coefficient (Wildman–Crippen LogP) is 1.95. The molecular formula is C10H15BO2. The number of fused-ring (bicyclic) bond motifs is 1. The van der Waals surface area contributed by atoms with E-state index in [2.05, 4.69) is 6.58 Å². The Morgan fingerprint density at radius 1 is 1.46 bits per heavy atom. The maximum absolute atomic E-state index is 5.67.